The van der Waals surface area contributed by atoms with E-state index in [0.717, 1.165) is 34.7 Å². The van der Waals surface area contributed by atoms with Crippen molar-refractivity contribution in [3.63, 3.8) is 0 Å². The van der Waals surface area contributed by atoms with Crippen LogP contribution in [0.1, 0.15) is 51.2 Å². The van der Waals surface area contributed by atoms with Crippen LogP contribution in [0.2, 0.25) is 5.15 Å². The SMILES string of the molecule is CCCCc1nc(Cl)c(C2NC(=O)NC(C)=C2C(=O)OCC)n1S(=O)(=O)c1ccc(F)cc1. The number of hydrogen-bond donors (Lipinski definition) is 2. The number of imidazole rings is 1. The minimum Gasteiger partial charge on any atom is -0.463 e. The van der Waals surface area contributed by atoms with Crippen LogP contribution in [0.5, 0.6) is 0 Å². The molecule has 0 saturated heterocycles. The van der Waals surface area contributed by atoms with Crippen LogP contribution >= 0.6 is 11.6 Å². The number of aryl methyl sites for hydroxylation is 1. The molecule has 0 aliphatic carbocycles. The Labute approximate surface area is 196 Å². The number of carbonyl (C=O) groups is 2. The van der Waals surface area contributed by atoms with E-state index in [4.69, 9.17) is 16.3 Å². The van der Waals surface area contributed by atoms with Gasteiger partial charge in [0.2, 0.25) is 0 Å². The summed E-state index contributed by atoms with van der Waals surface area (Å²) in [6, 6.07) is 2.40. The van der Waals surface area contributed by atoms with Crippen molar-refractivity contribution >= 4 is 33.6 Å². The van der Waals surface area contributed by atoms with Crippen LogP contribution in [0.15, 0.2) is 40.4 Å². The lowest BCUT2D eigenvalue weighted by Crippen LogP contribution is -2.46. The topological polar surface area (TPSA) is 119 Å². The highest BCUT2D eigenvalue weighted by molar-refractivity contribution is 7.90. The van der Waals surface area contributed by atoms with Gasteiger partial charge in [-0.25, -0.2) is 31.4 Å². The fourth-order valence-electron chi connectivity index (χ4n) is 3.53. The molecule has 1 aromatic carbocycles. The van der Waals surface area contributed by atoms with Gasteiger partial charge in [-0.05, 0) is 44.5 Å². The lowest BCUT2D eigenvalue weighted by atomic mass is 10.0. The van der Waals surface area contributed by atoms with Crippen molar-refractivity contribution in [2.75, 3.05) is 6.61 Å². The average molecular weight is 499 g/mol. The minimum atomic E-state index is -4.32. The van der Waals surface area contributed by atoms with Gasteiger partial charge in [0, 0.05) is 12.1 Å². The lowest BCUT2D eigenvalue weighted by Gasteiger charge is -2.28. The molecule has 3 rings (SSSR count). The van der Waals surface area contributed by atoms with Crippen LogP contribution in [0.25, 0.3) is 0 Å². The van der Waals surface area contributed by atoms with Crippen molar-refractivity contribution in [2.45, 2.75) is 51.0 Å². The first-order valence-electron chi connectivity index (χ1n) is 10.3. The van der Waals surface area contributed by atoms with Gasteiger partial charge in [0.05, 0.1) is 17.1 Å². The third kappa shape index (κ3) is 4.88. The molecule has 1 unspecified atom stereocenters. The Morgan fingerprint density at radius 1 is 1.27 bits per heavy atom. The maximum Gasteiger partial charge on any atom is 0.338 e. The summed E-state index contributed by atoms with van der Waals surface area (Å²) in [6.45, 7) is 5.12. The minimum absolute atomic E-state index is 0.00384. The van der Waals surface area contributed by atoms with Gasteiger partial charge in [-0.2, -0.15) is 0 Å². The number of allylic oxidation sites excluding steroid dienone is 1. The van der Waals surface area contributed by atoms with Gasteiger partial charge in [-0.1, -0.05) is 24.9 Å². The highest BCUT2D eigenvalue weighted by Crippen LogP contribution is 2.35. The van der Waals surface area contributed by atoms with E-state index >= 15 is 0 Å². The maximum atomic E-state index is 13.7. The van der Waals surface area contributed by atoms with Crippen LogP contribution in [0.4, 0.5) is 9.18 Å². The first-order valence-corrected chi connectivity index (χ1v) is 12.2. The normalized spacial score (nSPS) is 16.4. The van der Waals surface area contributed by atoms with Crippen LogP contribution < -0.4 is 10.6 Å². The summed E-state index contributed by atoms with van der Waals surface area (Å²) in [5.74, 6) is -1.21. The van der Waals surface area contributed by atoms with Gasteiger partial charge in [-0.3, -0.25) is 0 Å². The number of aromatic nitrogens is 2. The molecule has 2 N–H and O–H groups in total. The molecule has 178 valence electrons. The Kier molecular flexibility index (Phi) is 7.43. The zero-order valence-corrected chi connectivity index (χ0v) is 19.9. The van der Waals surface area contributed by atoms with Crippen molar-refractivity contribution in [1.29, 1.82) is 0 Å². The molecule has 0 bridgehead atoms. The lowest BCUT2D eigenvalue weighted by molar-refractivity contribution is -0.139. The number of urea groups is 1. The van der Waals surface area contributed by atoms with E-state index in [9.17, 15) is 22.4 Å². The van der Waals surface area contributed by atoms with Gasteiger partial charge in [0.1, 0.15) is 23.4 Å². The van der Waals surface area contributed by atoms with E-state index in [1.54, 1.807) is 6.92 Å². The van der Waals surface area contributed by atoms with Gasteiger partial charge >= 0.3 is 12.0 Å². The molecule has 12 heteroatoms. The Morgan fingerprint density at radius 2 is 1.94 bits per heavy atom. The number of benzene rings is 1. The summed E-state index contributed by atoms with van der Waals surface area (Å²) in [5, 5.41) is 4.86. The van der Waals surface area contributed by atoms with Crippen molar-refractivity contribution in [3.05, 3.63) is 58.0 Å². The van der Waals surface area contributed by atoms with Crippen molar-refractivity contribution < 1.29 is 27.1 Å². The first-order chi connectivity index (χ1) is 15.6. The van der Waals surface area contributed by atoms with Crippen LogP contribution in [0.3, 0.4) is 0 Å². The molecule has 1 aliphatic rings. The Hall–Kier alpha value is -2.92. The van der Waals surface area contributed by atoms with Crippen LogP contribution in [-0.2, 0) is 26.0 Å². The zero-order chi connectivity index (χ0) is 24.3. The second-order valence-corrected chi connectivity index (χ2v) is 9.47. The second kappa shape index (κ2) is 9.92. The van der Waals surface area contributed by atoms with E-state index in [2.05, 4.69) is 15.6 Å². The number of hydrogen-bond acceptors (Lipinski definition) is 6. The average Bonchev–Trinajstić information content (AvgIpc) is 3.08. The molecule has 0 spiro atoms. The number of nitrogens with zero attached hydrogens (tertiary/aromatic N) is 2. The number of amides is 2. The standard InChI is InChI=1S/C21H24ClFN4O5S/c1-4-6-7-15-25-19(22)18(27(15)33(30,31)14-10-8-13(23)9-11-14)17-16(20(28)32-5-2)12(3)24-21(29)26-17/h8-11,17H,4-7H2,1-3H3,(H2,24,26,29). The largest absolute Gasteiger partial charge is 0.463 e. The molecule has 2 amide bonds. The van der Waals surface area contributed by atoms with Crippen molar-refractivity contribution in [2.24, 2.45) is 0 Å². The summed E-state index contributed by atoms with van der Waals surface area (Å²) < 4.78 is 46.8. The molecule has 0 saturated carbocycles. The van der Waals surface area contributed by atoms with Crippen molar-refractivity contribution in [1.82, 2.24) is 19.6 Å². The first kappa shape index (κ1) is 24.7. The quantitative estimate of drug-likeness (QED) is 0.538. The maximum absolute atomic E-state index is 13.7. The number of halogens is 2. The molecule has 9 nitrogen and oxygen atoms in total. The van der Waals surface area contributed by atoms with E-state index in [0.29, 0.717) is 6.42 Å². The molecular formula is C21H24ClFN4O5S. The summed E-state index contributed by atoms with van der Waals surface area (Å²) in [7, 11) is -4.32. The molecule has 1 atom stereocenters. The number of nitrogens with one attached hydrogen (secondary N) is 2. The number of ether oxygens (including phenoxy) is 1. The van der Waals surface area contributed by atoms with Gasteiger partial charge < -0.3 is 15.4 Å². The van der Waals surface area contributed by atoms with Crippen molar-refractivity contribution in [3.8, 4) is 0 Å². The molecule has 0 fully saturated rings. The molecule has 0 radical (unpaired) electrons. The van der Waals surface area contributed by atoms with Gasteiger partial charge in [0.15, 0.2) is 5.15 Å². The van der Waals surface area contributed by atoms with E-state index in [1.165, 1.54) is 6.92 Å². The summed E-state index contributed by atoms with van der Waals surface area (Å²) >= 11 is 6.42. The van der Waals surface area contributed by atoms with Gasteiger partial charge in [-0.15, -0.1) is 0 Å². The fourth-order valence-corrected chi connectivity index (χ4v) is 5.42. The number of esters is 1. The predicted octanol–water partition coefficient (Wildman–Crippen LogP) is 3.45. The number of unbranched alkanes of at least 4 members (excludes halogenated alkanes) is 1. The van der Waals surface area contributed by atoms with Crippen LogP contribution in [0, 0.1) is 5.82 Å². The summed E-state index contributed by atoms with van der Waals surface area (Å²) in [6.07, 6.45) is 1.64. The fraction of sp³-hybridized carbons (Fsp3) is 0.381. The Balaban J connectivity index is 2.28. The monoisotopic (exact) mass is 498 g/mol. The second-order valence-electron chi connectivity index (χ2n) is 7.32. The Bertz CT molecular complexity index is 1210. The number of carbonyl (C=O) groups excluding carboxylic acids is 2. The highest BCUT2D eigenvalue weighted by atomic mass is 35.5. The smallest absolute Gasteiger partial charge is 0.338 e. The molecule has 2 heterocycles. The third-order valence-corrected chi connectivity index (χ3v) is 7.07. The predicted molar refractivity (Wildman–Crippen MR) is 119 cm³/mol. The molecular weight excluding hydrogens is 475 g/mol. The summed E-state index contributed by atoms with van der Waals surface area (Å²) in [5.41, 5.74) is 0.0838. The van der Waals surface area contributed by atoms with Crippen LogP contribution in [-0.4, -0.2) is 36.0 Å². The molecule has 1 aliphatic heterocycles. The zero-order valence-electron chi connectivity index (χ0n) is 18.3. The van der Waals surface area contributed by atoms with E-state index in [-0.39, 0.29) is 45.9 Å². The third-order valence-electron chi connectivity index (χ3n) is 5.04. The number of rotatable bonds is 8. The van der Waals surface area contributed by atoms with E-state index < -0.39 is 33.9 Å². The van der Waals surface area contributed by atoms with E-state index in [1.807, 2.05) is 6.92 Å². The summed E-state index contributed by atoms with van der Waals surface area (Å²) in [4.78, 5) is 29.0. The highest BCUT2D eigenvalue weighted by Gasteiger charge is 2.39. The molecule has 33 heavy (non-hydrogen) atoms. The molecule has 1 aromatic heterocycles. The Morgan fingerprint density at radius 3 is 2.55 bits per heavy atom. The van der Waals surface area contributed by atoms with Gasteiger partial charge in [0.25, 0.3) is 10.0 Å². The molecule has 2 aromatic rings.